The standard InChI is InChI=1S/C14H14N8OS/c1-7-6-24-14-19-11(23)10(21-22(7)14)8-4-2-3-5-9(8)18-13(17)20-12(15)16/h2-6H,1H3,(H6,15,16,17,18,20). The van der Waals surface area contributed by atoms with E-state index >= 15 is 0 Å². The lowest BCUT2D eigenvalue weighted by atomic mass is 10.1. The maximum absolute atomic E-state index is 12.3. The molecule has 0 unspecified atom stereocenters. The van der Waals surface area contributed by atoms with E-state index in [4.69, 9.17) is 17.2 Å². The van der Waals surface area contributed by atoms with E-state index in [2.05, 4.69) is 20.1 Å². The van der Waals surface area contributed by atoms with Crippen LogP contribution in [0, 0.1) is 6.92 Å². The minimum atomic E-state index is -0.445. The molecular weight excluding hydrogens is 328 g/mol. The summed E-state index contributed by atoms with van der Waals surface area (Å²) in [4.78, 5) is 24.7. The number of para-hydroxylation sites is 1. The zero-order valence-electron chi connectivity index (χ0n) is 12.7. The third-order valence-electron chi connectivity index (χ3n) is 3.09. The fourth-order valence-electron chi connectivity index (χ4n) is 2.09. The number of aliphatic imine (C=N–C) groups is 2. The van der Waals surface area contributed by atoms with Crippen LogP contribution in [0.1, 0.15) is 5.69 Å². The third-order valence-corrected chi connectivity index (χ3v) is 4.02. The monoisotopic (exact) mass is 342 g/mol. The van der Waals surface area contributed by atoms with Gasteiger partial charge in [-0.3, -0.25) is 4.79 Å². The van der Waals surface area contributed by atoms with Gasteiger partial charge >= 0.3 is 5.56 Å². The molecule has 0 atom stereocenters. The van der Waals surface area contributed by atoms with Crippen LogP contribution in [-0.2, 0) is 0 Å². The highest BCUT2D eigenvalue weighted by Gasteiger charge is 2.14. The van der Waals surface area contributed by atoms with Crippen molar-refractivity contribution in [2.75, 3.05) is 0 Å². The van der Waals surface area contributed by atoms with Gasteiger partial charge in [-0.05, 0) is 13.0 Å². The number of nitrogens with zero attached hydrogens (tertiary/aromatic N) is 5. The molecule has 0 bridgehead atoms. The number of aromatic nitrogens is 3. The van der Waals surface area contributed by atoms with Crippen LogP contribution in [0.15, 0.2) is 44.4 Å². The maximum Gasteiger partial charge on any atom is 0.300 e. The molecule has 122 valence electrons. The summed E-state index contributed by atoms with van der Waals surface area (Å²) in [6.07, 6.45) is 0. The van der Waals surface area contributed by atoms with E-state index in [1.807, 2.05) is 12.3 Å². The number of benzene rings is 1. The van der Waals surface area contributed by atoms with E-state index in [0.717, 1.165) is 5.69 Å². The summed E-state index contributed by atoms with van der Waals surface area (Å²) < 4.78 is 1.61. The molecule has 3 rings (SSSR count). The molecule has 0 saturated heterocycles. The Balaban J connectivity index is 2.21. The van der Waals surface area contributed by atoms with Gasteiger partial charge in [-0.2, -0.15) is 15.1 Å². The SMILES string of the molecule is Cc1csc2nc(=O)c(-c3ccccc3N=C(N)N=C(N)N)nn12. The molecule has 0 aliphatic heterocycles. The van der Waals surface area contributed by atoms with E-state index in [9.17, 15) is 4.79 Å². The van der Waals surface area contributed by atoms with Crippen LogP contribution in [0.5, 0.6) is 0 Å². The molecule has 0 aliphatic carbocycles. The van der Waals surface area contributed by atoms with E-state index < -0.39 is 5.56 Å². The molecule has 3 aromatic rings. The molecule has 1 aromatic carbocycles. The summed E-state index contributed by atoms with van der Waals surface area (Å²) >= 11 is 1.35. The first-order valence-corrected chi connectivity index (χ1v) is 7.72. The lowest BCUT2D eigenvalue weighted by molar-refractivity contribution is 0.874. The van der Waals surface area contributed by atoms with Gasteiger partial charge in [-0.25, -0.2) is 9.51 Å². The average molecular weight is 342 g/mol. The molecular formula is C14H14N8OS. The fraction of sp³-hybridized carbons (Fsp3) is 0.0714. The Bertz CT molecular complexity index is 1030. The van der Waals surface area contributed by atoms with E-state index in [1.165, 1.54) is 11.3 Å². The van der Waals surface area contributed by atoms with Crippen molar-refractivity contribution in [3.05, 3.63) is 45.7 Å². The lowest BCUT2D eigenvalue weighted by Crippen LogP contribution is -2.26. The highest BCUT2D eigenvalue weighted by Crippen LogP contribution is 2.27. The van der Waals surface area contributed by atoms with Gasteiger partial charge in [0.2, 0.25) is 10.9 Å². The Kier molecular flexibility index (Phi) is 3.96. The van der Waals surface area contributed by atoms with Crippen molar-refractivity contribution >= 4 is 33.9 Å². The van der Waals surface area contributed by atoms with Gasteiger partial charge < -0.3 is 17.2 Å². The Morgan fingerprint density at radius 3 is 2.75 bits per heavy atom. The second kappa shape index (κ2) is 6.08. The van der Waals surface area contributed by atoms with Crippen molar-refractivity contribution in [2.45, 2.75) is 6.92 Å². The topological polar surface area (TPSA) is 150 Å². The second-order valence-corrected chi connectivity index (χ2v) is 5.70. The summed E-state index contributed by atoms with van der Waals surface area (Å²) in [6, 6.07) is 6.91. The van der Waals surface area contributed by atoms with E-state index in [1.54, 1.807) is 28.8 Å². The van der Waals surface area contributed by atoms with Gasteiger partial charge in [0, 0.05) is 10.9 Å². The number of hydrogen-bond acceptors (Lipinski definition) is 5. The summed E-state index contributed by atoms with van der Waals surface area (Å²) in [5.74, 6) is -0.327. The minimum Gasteiger partial charge on any atom is -0.370 e. The molecule has 0 aliphatic rings. The first-order chi connectivity index (χ1) is 11.5. The zero-order valence-corrected chi connectivity index (χ0v) is 13.5. The minimum absolute atomic E-state index is 0.122. The zero-order chi connectivity index (χ0) is 17.3. The number of thiazole rings is 1. The van der Waals surface area contributed by atoms with Crippen molar-refractivity contribution in [3.63, 3.8) is 0 Å². The predicted octanol–water partition coefficient (Wildman–Crippen LogP) is 0.346. The largest absolute Gasteiger partial charge is 0.370 e. The van der Waals surface area contributed by atoms with Crippen LogP contribution in [0.3, 0.4) is 0 Å². The summed E-state index contributed by atoms with van der Waals surface area (Å²) in [7, 11) is 0. The quantitative estimate of drug-likeness (QED) is 0.451. The summed E-state index contributed by atoms with van der Waals surface area (Å²) in [5.41, 5.74) is 17.7. The molecule has 10 heteroatoms. The maximum atomic E-state index is 12.3. The van der Waals surface area contributed by atoms with Crippen LogP contribution in [-0.4, -0.2) is 26.5 Å². The van der Waals surface area contributed by atoms with Crippen molar-refractivity contribution in [1.82, 2.24) is 14.6 Å². The Hall–Kier alpha value is -3.27. The molecule has 2 aromatic heterocycles. The highest BCUT2D eigenvalue weighted by atomic mass is 32.1. The highest BCUT2D eigenvalue weighted by molar-refractivity contribution is 7.15. The van der Waals surface area contributed by atoms with Gasteiger partial charge in [-0.15, -0.1) is 11.3 Å². The molecule has 0 fully saturated rings. The van der Waals surface area contributed by atoms with Crippen LogP contribution < -0.4 is 22.8 Å². The van der Waals surface area contributed by atoms with Gasteiger partial charge in [0.15, 0.2) is 11.7 Å². The molecule has 9 nitrogen and oxygen atoms in total. The Morgan fingerprint density at radius 1 is 1.25 bits per heavy atom. The van der Waals surface area contributed by atoms with Gasteiger partial charge in [0.05, 0.1) is 11.4 Å². The number of hydrogen-bond donors (Lipinski definition) is 3. The molecule has 0 radical (unpaired) electrons. The van der Waals surface area contributed by atoms with Gasteiger partial charge in [0.25, 0.3) is 0 Å². The summed E-state index contributed by atoms with van der Waals surface area (Å²) in [5, 5.41) is 6.26. The number of guanidine groups is 2. The van der Waals surface area contributed by atoms with Crippen molar-refractivity contribution in [3.8, 4) is 11.3 Å². The Morgan fingerprint density at radius 2 is 2.00 bits per heavy atom. The van der Waals surface area contributed by atoms with E-state index in [-0.39, 0.29) is 17.6 Å². The van der Waals surface area contributed by atoms with Crippen LogP contribution in [0.2, 0.25) is 0 Å². The first-order valence-electron chi connectivity index (χ1n) is 6.84. The normalized spacial score (nSPS) is 11.6. The molecule has 2 heterocycles. The number of nitrogens with two attached hydrogens (primary N) is 3. The molecule has 0 amide bonds. The predicted molar refractivity (Wildman–Crippen MR) is 94.4 cm³/mol. The summed E-state index contributed by atoms with van der Waals surface area (Å²) in [6.45, 7) is 1.88. The van der Waals surface area contributed by atoms with Crippen LogP contribution in [0.25, 0.3) is 16.2 Å². The van der Waals surface area contributed by atoms with Crippen molar-refractivity contribution in [2.24, 2.45) is 27.2 Å². The lowest BCUT2D eigenvalue weighted by Gasteiger charge is -2.05. The second-order valence-electron chi connectivity index (χ2n) is 4.86. The molecule has 6 N–H and O–H groups in total. The average Bonchev–Trinajstić information content (AvgIpc) is 2.87. The molecule has 0 saturated carbocycles. The van der Waals surface area contributed by atoms with E-state index in [0.29, 0.717) is 16.2 Å². The number of rotatable bonds is 2. The van der Waals surface area contributed by atoms with Crippen molar-refractivity contribution in [1.29, 1.82) is 0 Å². The van der Waals surface area contributed by atoms with Crippen LogP contribution >= 0.6 is 11.3 Å². The first kappa shape index (κ1) is 15.6. The van der Waals surface area contributed by atoms with Crippen LogP contribution in [0.4, 0.5) is 5.69 Å². The van der Waals surface area contributed by atoms with Gasteiger partial charge in [-0.1, -0.05) is 18.2 Å². The fourth-order valence-corrected chi connectivity index (χ4v) is 2.88. The Labute approximate surface area is 140 Å². The van der Waals surface area contributed by atoms with Crippen molar-refractivity contribution < 1.29 is 0 Å². The number of fused-ring (bicyclic) bond motifs is 1. The molecule has 0 spiro atoms. The molecule has 24 heavy (non-hydrogen) atoms. The smallest absolute Gasteiger partial charge is 0.300 e. The third kappa shape index (κ3) is 2.94. The van der Waals surface area contributed by atoms with Gasteiger partial charge in [0.1, 0.15) is 0 Å². The number of aryl methyl sites for hydroxylation is 1.